The van der Waals surface area contributed by atoms with Crippen molar-refractivity contribution in [2.45, 2.75) is 0 Å². The van der Waals surface area contributed by atoms with E-state index in [9.17, 15) is 4.79 Å². The summed E-state index contributed by atoms with van der Waals surface area (Å²) >= 11 is 1.53. The van der Waals surface area contributed by atoms with Crippen LogP contribution in [0.1, 0.15) is 0 Å². The van der Waals surface area contributed by atoms with Crippen molar-refractivity contribution in [3.63, 3.8) is 0 Å². The van der Waals surface area contributed by atoms with E-state index in [4.69, 9.17) is 4.42 Å². The van der Waals surface area contributed by atoms with Crippen LogP contribution in [0.25, 0.3) is 21.3 Å². The van der Waals surface area contributed by atoms with Crippen LogP contribution in [-0.4, -0.2) is 4.98 Å². The van der Waals surface area contributed by atoms with Crippen LogP contribution >= 0.6 is 11.3 Å². The Kier molecular flexibility index (Phi) is 1.46. The first-order valence-electron chi connectivity index (χ1n) is 4.11. The van der Waals surface area contributed by atoms with Gasteiger partial charge in [-0.15, -0.1) is 11.3 Å². The molecule has 4 heteroatoms. The van der Waals surface area contributed by atoms with E-state index in [1.165, 1.54) is 17.4 Å². The fourth-order valence-corrected chi connectivity index (χ4v) is 2.13. The lowest BCUT2D eigenvalue weighted by Crippen LogP contribution is -1.95. The number of rotatable bonds is 0. The number of fused-ring (bicyclic) bond motifs is 2. The molecule has 0 aliphatic carbocycles. The van der Waals surface area contributed by atoms with Crippen molar-refractivity contribution >= 4 is 32.7 Å². The summed E-state index contributed by atoms with van der Waals surface area (Å²) in [6, 6.07) is 7.10. The van der Waals surface area contributed by atoms with Crippen molar-refractivity contribution in [1.29, 1.82) is 0 Å². The average Bonchev–Trinajstić information content (AvgIpc) is 2.61. The summed E-state index contributed by atoms with van der Waals surface area (Å²) < 4.78 is 4.98. The molecule has 0 radical (unpaired) electrons. The third-order valence-corrected chi connectivity index (χ3v) is 2.85. The monoisotopic (exact) mass is 203 g/mol. The van der Waals surface area contributed by atoms with Gasteiger partial charge in [0.15, 0.2) is 0 Å². The Morgan fingerprint density at radius 2 is 2.14 bits per heavy atom. The van der Waals surface area contributed by atoms with Crippen LogP contribution in [0.5, 0.6) is 0 Å². The molecule has 0 spiro atoms. The van der Waals surface area contributed by atoms with Gasteiger partial charge >= 0.3 is 5.63 Å². The zero-order chi connectivity index (χ0) is 9.54. The molecular formula is C10H5NO2S. The standard InChI is InChI=1S/C10H5NO2S/c12-8-2-1-6-5-7-3-4-14-10(7)11-9(6)13-8/h1-5H. The number of nitrogens with zero attached hydrogens (tertiary/aromatic N) is 1. The highest BCUT2D eigenvalue weighted by Crippen LogP contribution is 2.22. The maximum Gasteiger partial charge on any atom is 0.337 e. The highest BCUT2D eigenvalue weighted by molar-refractivity contribution is 7.16. The van der Waals surface area contributed by atoms with Crippen molar-refractivity contribution < 1.29 is 4.42 Å². The summed E-state index contributed by atoms with van der Waals surface area (Å²) in [6.45, 7) is 0. The quantitative estimate of drug-likeness (QED) is 0.563. The van der Waals surface area contributed by atoms with Crippen LogP contribution in [0.3, 0.4) is 0 Å². The Morgan fingerprint density at radius 1 is 1.21 bits per heavy atom. The predicted molar refractivity (Wildman–Crippen MR) is 55.7 cm³/mol. The van der Waals surface area contributed by atoms with Gasteiger partial charge in [0, 0.05) is 16.8 Å². The number of thiophene rings is 1. The largest absolute Gasteiger partial charge is 0.404 e. The average molecular weight is 203 g/mol. The first kappa shape index (κ1) is 7.70. The topological polar surface area (TPSA) is 43.1 Å². The summed E-state index contributed by atoms with van der Waals surface area (Å²) in [4.78, 5) is 16.1. The molecule has 68 valence electrons. The summed E-state index contributed by atoms with van der Waals surface area (Å²) in [5.41, 5.74) is 0.0494. The fourth-order valence-electron chi connectivity index (χ4n) is 1.39. The second kappa shape index (κ2) is 2.65. The molecule has 0 aliphatic heterocycles. The lowest BCUT2D eigenvalue weighted by molar-refractivity contribution is 0.551. The van der Waals surface area contributed by atoms with Gasteiger partial charge in [0.25, 0.3) is 0 Å². The van der Waals surface area contributed by atoms with Crippen molar-refractivity contribution in [2.24, 2.45) is 0 Å². The number of hydrogen-bond acceptors (Lipinski definition) is 4. The minimum Gasteiger partial charge on any atom is -0.404 e. The van der Waals surface area contributed by atoms with Crippen molar-refractivity contribution in [3.8, 4) is 0 Å². The molecule has 0 N–H and O–H groups in total. The second-order valence-electron chi connectivity index (χ2n) is 2.95. The molecule has 0 saturated carbocycles. The summed E-state index contributed by atoms with van der Waals surface area (Å²) in [5, 5.41) is 3.90. The summed E-state index contributed by atoms with van der Waals surface area (Å²) in [7, 11) is 0. The van der Waals surface area contributed by atoms with Gasteiger partial charge in [-0.1, -0.05) is 0 Å². The maximum atomic E-state index is 11.0. The lowest BCUT2D eigenvalue weighted by Gasteiger charge is -1.94. The van der Waals surface area contributed by atoms with Gasteiger partial charge in [-0.25, -0.2) is 9.78 Å². The zero-order valence-electron chi connectivity index (χ0n) is 7.06. The van der Waals surface area contributed by atoms with Gasteiger partial charge < -0.3 is 4.42 Å². The predicted octanol–water partition coefficient (Wildman–Crippen LogP) is 2.40. The van der Waals surface area contributed by atoms with Crippen LogP contribution < -0.4 is 5.63 Å². The van der Waals surface area contributed by atoms with E-state index in [0.29, 0.717) is 5.71 Å². The van der Waals surface area contributed by atoms with Crippen molar-refractivity contribution in [2.75, 3.05) is 0 Å². The van der Waals surface area contributed by atoms with Crippen LogP contribution in [0.4, 0.5) is 0 Å². The number of hydrogen-bond donors (Lipinski definition) is 0. The van der Waals surface area contributed by atoms with Gasteiger partial charge in [0.05, 0.1) is 0 Å². The highest BCUT2D eigenvalue weighted by atomic mass is 32.1. The third kappa shape index (κ3) is 1.04. The van der Waals surface area contributed by atoms with E-state index < -0.39 is 0 Å². The molecule has 0 aromatic carbocycles. The Labute approximate surface area is 82.6 Å². The van der Waals surface area contributed by atoms with Gasteiger partial charge in [-0.05, 0) is 23.6 Å². The molecular weight excluding hydrogens is 198 g/mol. The maximum absolute atomic E-state index is 11.0. The molecule has 0 saturated heterocycles. The van der Waals surface area contributed by atoms with E-state index in [1.54, 1.807) is 6.07 Å². The first-order chi connectivity index (χ1) is 6.83. The summed E-state index contributed by atoms with van der Waals surface area (Å²) in [5.74, 6) is 0. The Morgan fingerprint density at radius 3 is 3.07 bits per heavy atom. The molecule has 0 aliphatic rings. The van der Waals surface area contributed by atoms with E-state index in [-0.39, 0.29) is 5.63 Å². The first-order valence-corrected chi connectivity index (χ1v) is 4.99. The SMILES string of the molecule is O=c1ccc2cc3ccsc3nc2o1. The van der Waals surface area contributed by atoms with Gasteiger partial charge in [0.1, 0.15) is 4.83 Å². The van der Waals surface area contributed by atoms with Crippen LogP contribution in [0, 0.1) is 0 Å². The number of pyridine rings is 1. The van der Waals surface area contributed by atoms with E-state index in [2.05, 4.69) is 4.98 Å². The van der Waals surface area contributed by atoms with Crippen LogP contribution in [0.15, 0.2) is 38.9 Å². The molecule has 3 heterocycles. The number of aromatic nitrogens is 1. The third-order valence-electron chi connectivity index (χ3n) is 2.03. The molecule has 0 atom stereocenters. The zero-order valence-corrected chi connectivity index (χ0v) is 7.88. The molecule has 0 bridgehead atoms. The molecule has 3 rings (SSSR count). The molecule has 3 nitrogen and oxygen atoms in total. The highest BCUT2D eigenvalue weighted by Gasteiger charge is 2.02. The molecule has 0 unspecified atom stereocenters. The Bertz CT molecular complexity index is 668. The Balaban J connectivity index is 2.56. The van der Waals surface area contributed by atoms with E-state index in [0.717, 1.165) is 15.6 Å². The smallest absolute Gasteiger partial charge is 0.337 e. The second-order valence-corrected chi connectivity index (χ2v) is 3.85. The molecule has 3 aromatic heterocycles. The molecule has 3 aromatic rings. The fraction of sp³-hybridized carbons (Fsp3) is 0. The van der Waals surface area contributed by atoms with Gasteiger partial charge in [0.2, 0.25) is 5.71 Å². The lowest BCUT2D eigenvalue weighted by atomic mass is 10.2. The van der Waals surface area contributed by atoms with Crippen LogP contribution in [-0.2, 0) is 0 Å². The van der Waals surface area contributed by atoms with E-state index in [1.807, 2.05) is 17.5 Å². The Hall–Kier alpha value is -1.68. The van der Waals surface area contributed by atoms with Crippen molar-refractivity contribution in [1.82, 2.24) is 4.98 Å². The van der Waals surface area contributed by atoms with Crippen LogP contribution in [0.2, 0.25) is 0 Å². The van der Waals surface area contributed by atoms with Gasteiger partial charge in [-0.2, -0.15) is 0 Å². The van der Waals surface area contributed by atoms with Crippen molar-refractivity contribution in [3.05, 3.63) is 40.1 Å². The molecule has 14 heavy (non-hydrogen) atoms. The molecule has 0 fully saturated rings. The minimum atomic E-state index is -0.360. The normalized spacial score (nSPS) is 11.1. The minimum absolute atomic E-state index is 0.360. The summed E-state index contributed by atoms with van der Waals surface area (Å²) in [6.07, 6.45) is 0. The van der Waals surface area contributed by atoms with Gasteiger partial charge in [-0.3, -0.25) is 0 Å². The van der Waals surface area contributed by atoms with E-state index >= 15 is 0 Å². The molecule has 0 amide bonds.